The summed E-state index contributed by atoms with van der Waals surface area (Å²) >= 11 is -0.957. The molecule has 2 N–H and O–H groups in total. The number of allylic oxidation sites excluding steroid dienone is 1. The Hall–Kier alpha value is -1.52. The van der Waals surface area contributed by atoms with Crippen molar-refractivity contribution < 1.29 is 4.55 Å². The standard InChI is InChI=1S/C13H16N2OS/c1-10(8-14)9-15-11(2)12-4-6-13(7-5-12)17(3)16/h4-9H,2,14H2,1,3H3/b10-8-,15-9-. The van der Waals surface area contributed by atoms with Gasteiger partial charge in [-0.15, -0.1) is 0 Å². The molecule has 1 aromatic carbocycles. The van der Waals surface area contributed by atoms with Crippen LogP contribution in [-0.2, 0) is 11.2 Å². The molecule has 0 aliphatic heterocycles. The maximum absolute atomic E-state index is 11.2. The molecule has 1 aromatic rings. The lowest BCUT2D eigenvalue weighted by Crippen LogP contribution is -1.96. The zero-order valence-corrected chi connectivity index (χ0v) is 10.8. The van der Waals surface area contributed by atoms with E-state index in [1.165, 1.54) is 6.20 Å². The number of hydrogen-bond donors (Lipinski definition) is 1. The first-order valence-electron chi connectivity index (χ1n) is 5.10. The van der Waals surface area contributed by atoms with Gasteiger partial charge >= 0.3 is 0 Å². The van der Waals surface area contributed by atoms with E-state index in [0.29, 0.717) is 5.70 Å². The van der Waals surface area contributed by atoms with E-state index in [9.17, 15) is 4.55 Å². The highest BCUT2D eigenvalue weighted by Gasteiger charge is 2.04. The number of rotatable bonds is 4. The summed E-state index contributed by atoms with van der Waals surface area (Å²) in [7, 11) is 0. The van der Waals surface area contributed by atoms with E-state index in [1.807, 2.05) is 31.2 Å². The average Bonchev–Trinajstić information content (AvgIpc) is 2.35. The van der Waals surface area contributed by atoms with Gasteiger partial charge in [-0.05, 0) is 59.7 Å². The van der Waals surface area contributed by atoms with E-state index in [2.05, 4.69) is 11.6 Å². The highest BCUT2D eigenvalue weighted by atomic mass is 32.2. The molecule has 3 nitrogen and oxygen atoms in total. The maximum Gasteiger partial charge on any atom is 0.152 e. The first-order valence-corrected chi connectivity index (χ1v) is 6.65. The van der Waals surface area contributed by atoms with E-state index in [1.54, 1.807) is 12.5 Å². The average molecular weight is 248 g/mol. The Balaban J connectivity index is 2.80. The third kappa shape index (κ3) is 4.09. The van der Waals surface area contributed by atoms with Crippen LogP contribution in [0.5, 0.6) is 0 Å². The highest BCUT2D eigenvalue weighted by Crippen LogP contribution is 2.17. The predicted molar refractivity (Wildman–Crippen MR) is 74.2 cm³/mol. The van der Waals surface area contributed by atoms with Gasteiger partial charge in [0.05, 0.1) is 5.70 Å². The Bertz CT molecular complexity index is 447. The highest BCUT2D eigenvalue weighted by molar-refractivity contribution is 7.90. The number of nitrogens with two attached hydrogens (primary N) is 1. The Morgan fingerprint density at radius 2 is 2.00 bits per heavy atom. The molecule has 1 atom stereocenters. The van der Waals surface area contributed by atoms with E-state index in [0.717, 1.165) is 16.0 Å². The third-order valence-electron chi connectivity index (χ3n) is 2.21. The fraction of sp³-hybridized carbons (Fsp3) is 0.154. The van der Waals surface area contributed by atoms with E-state index in [4.69, 9.17) is 5.73 Å². The normalized spacial score (nSPS) is 13.9. The molecular formula is C13H16N2OS. The SMILES string of the molecule is C=C(/N=C\C(C)=C/N)c1ccc([S+](C)[O-])cc1. The number of benzene rings is 1. The van der Waals surface area contributed by atoms with Crippen LogP contribution in [0.1, 0.15) is 12.5 Å². The van der Waals surface area contributed by atoms with Crippen LogP contribution >= 0.6 is 0 Å². The molecule has 1 unspecified atom stereocenters. The van der Waals surface area contributed by atoms with E-state index >= 15 is 0 Å². The number of nitrogens with zero attached hydrogens (tertiary/aromatic N) is 1. The van der Waals surface area contributed by atoms with Crippen molar-refractivity contribution in [1.82, 2.24) is 0 Å². The summed E-state index contributed by atoms with van der Waals surface area (Å²) < 4.78 is 11.2. The van der Waals surface area contributed by atoms with E-state index in [-0.39, 0.29) is 0 Å². The van der Waals surface area contributed by atoms with Crippen LogP contribution in [0.25, 0.3) is 5.70 Å². The second-order valence-electron chi connectivity index (χ2n) is 3.59. The monoisotopic (exact) mass is 248 g/mol. The second-order valence-corrected chi connectivity index (χ2v) is 4.97. The van der Waals surface area contributed by atoms with Crippen molar-refractivity contribution in [2.24, 2.45) is 10.7 Å². The number of aliphatic imine (C=N–C) groups is 1. The summed E-state index contributed by atoms with van der Waals surface area (Å²) in [6.07, 6.45) is 4.80. The minimum atomic E-state index is -0.957. The van der Waals surface area contributed by atoms with Gasteiger partial charge in [-0.3, -0.25) is 4.99 Å². The molecule has 0 aliphatic carbocycles. The molecule has 0 heterocycles. The minimum Gasteiger partial charge on any atom is -0.612 e. The molecule has 4 heteroatoms. The van der Waals surface area contributed by atoms with Crippen molar-refractivity contribution in [3.8, 4) is 0 Å². The van der Waals surface area contributed by atoms with Crippen molar-refractivity contribution >= 4 is 23.1 Å². The minimum absolute atomic E-state index is 0.652. The van der Waals surface area contributed by atoms with Gasteiger partial charge in [0, 0.05) is 6.21 Å². The smallest absolute Gasteiger partial charge is 0.152 e. The molecular weight excluding hydrogens is 232 g/mol. The largest absolute Gasteiger partial charge is 0.612 e. The molecule has 0 aromatic heterocycles. The van der Waals surface area contributed by atoms with E-state index < -0.39 is 11.2 Å². The van der Waals surface area contributed by atoms with Crippen LogP contribution in [-0.4, -0.2) is 17.0 Å². The third-order valence-corrected chi connectivity index (χ3v) is 3.14. The van der Waals surface area contributed by atoms with Gasteiger partial charge in [0.15, 0.2) is 4.90 Å². The van der Waals surface area contributed by atoms with Gasteiger partial charge < -0.3 is 10.3 Å². The van der Waals surface area contributed by atoms with Crippen LogP contribution < -0.4 is 5.73 Å². The maximum atomic E-state index is 11.2. The predicted octanol–water partition coefficient (Wildman–Crippen LogP) is 2.33. The van der Waals surface area contributed by atoms with Crippen molar-refractivity contribution in [2.75, 3.05) is 6.26 Å². The molecule has 0 aliphatic rings. The zero-order chi connectivity index (χ0) is 12.8. The molecule has 0 radical (unpaired) electrons. The summed E-state index contributed by atoms with van der Waals surface area (Å²) in [5, 5.41) is 0. The lowest BCUT2D eigenvalue weighted by atomic mass is 10.2. The van der Waals surface area contributed by atoms with Gasteiger partial charge in [-0.25, -0.2) is 0 Å². The topological polar surface area (TPSA) is 61.4 Å². The van der Waals surface area contributed by atoms with Crippen LogP contribution in [0.15, 0.2) is 52.5 Å². The quantitative estimate of drug-likeness (QED) is 0.656. The molecule has 0 fully saturated rings. The first kappa shape index (κ1) is 13.5. The van der Waals surface area contributed by atoms with Gasteiger partial charge in [-0.1, -0.05) is 6.58 Å². The Morgan fingerprint density at radius 3 is 2.47 bits per heavy atom. The fourth-order valence-corrected chi connectivity index (χ4v) is 1.66. The summed E-state index contributed by atoms with van der Waals surface area (Å²) in [4.78, 5) is 4.99. The second kappa shape index (κ2) is 6.27. The Labute approximate surface area is 105 Å². The molecule has 0 bridgehead atoms. The van der Waals surface area contributed by atoms with Crippen LogP contribution in [0.3, 0.4) is 0 Å². The van der Waals surface area contributed by atoms with Crippen molar-refractivity contribution in [2.45, 2.75) is 11.8 Å². The van der Waals surface area contributed by atoms with Crippen molar-refractivity contribution in [1.29, 1.82) is 0 Å². The molecule has 0 amide bonds. The summed E-state index contributed by atoms with van der Waals surface area (Å²) in [5.74, 6) is 0. The molecule has 0 spiro atoms. The molecule has 0 saturated heterocycles. The summed E-state index contributed by atoms with van der Waals surface area (Å²) in [5.41, 5.74) is 7.76. The van der Waals surface area contributed by atoms with Crippen molar-refractivity contribution in [3.05, 3.63) is 48.2 Å². The van der Waals surface area contributed by atoms with Gasteiger partial charge in [0.25, 0.3) is 0 Å². The summed E-state index contributed by atoms with van der Waals surface area (Å²) in [6, 6.07) is 7.35. The van der Waals surface area contributed by atoms with Gasteiger partial charge in [0.1, 0.15) is 6.26 Å². The van der Waals surface area contributed by atoms with Crippen LogP contribution in [0.4, 0.5) is 0 Å². The first-order chi connectivity index (χ1) is 8.04. The van der Waals surface area contributed by atoms with Gasteiger partial charge in [0.2, 0.25) is 0 Å². The fourth-order valence-electron chi connectivity index (χ4n) is 1.14. The molecule has 0 saturated carbocycles. The lowest BCUT2D eigenvalue weighted by Gasteiger charge is -2.05. The molecule has 90 valence electrons. The Kier molecular flexibility index (Phi) is 5.00. The van der Waals surface area contributed by atoms with Crippen molar-refractivity contribution in [3.63, 3.8) is 0 Å². The Morgan fingerprint density at radius 1 is 1.41 bits per heavy atom. The lowest BCUT2D eigenvalue weighted by molar-refractivity contribution is 0.601. The summed E-state index contributed by atoms with van der Waals surface area (Å²) in [6.45, 7) is 5.73. The molecule has 17 heavy (non-hydrogen) atoms. The van der Waals surface area contributed by atoms with Gasteiger partial charge in [-0.2, -0.15) is 0 Å². The number of hydrogen-bond acceptors (Lipinski definition) is 3. The molecule has 1 rings (SSSR count). The van der Waals surface area contributed by atoms with Crippen LogP contribution in [0, 0.1) is 0 Å². The zero-order valence-electron chi connectivity index (χ0n) is 10.0. The van der Waals surface area contributed by atoms with Crippen LogP contribution in [0.2, 0.25) is 0 Å².